The average Bonchev–Trinajstić information content (AvgIpc) is 2.88. The number of aryl methyl sites for hydroxylation is 1. The van der Waals surface area contributed by atoms with Crippen molar-refractivity contribution in [1.29, 1.82) is 0 Å². The topological polar surface area (TPSA) is 58.4 Å². The van der Waals surface area contributed by atoms with E-state index in [2.05, 4.69) is 21.3 Å². The van der Waals surface area contributed by atoms with Crippen LogP contribution in [0.2, 0.25) is 0 Å². The highest BCUT2D eigenvalue weighted by Gasteiger charge is 2.60. The molecule has 1 saturated heterocycles. The number of fused-ring (bicyclic) bond motifs is 1. The number of hydrogen-bond donors (Lipinski definition) is 1. The Morgan fingerprint density at radius 2 is 2.36 bits per heavy atom. The maximum Gasteiger partial charge on any atom is 0.287 e. The molecule has 2 aromatic rings. The Hall–Kier alpha value is -2.14. The Kier molecular flexibility index (Phi) is 3.04. The summed E-state index contributed by atoms with van der Waals surface area (Å²) < 4.78 is 5.17. The molecule has 2 aromatic heterocycles. The summed E-state index contributed by atoms with van der Waals surface area (Å²) in [6, 6.07) is 9.55. The summed E-state index contributed by atoms with van der Waals surface area (Å²) in [7, 11) is 0. The lowest BCUT2D eigenvalue weighted by Crippen LogP contribution is -2.42. The summed E-state index contributed by atoms with van der Waals surface area (Å²) in [5.41, 5.74) is 2.07. The number of pyridine rings is 1. The van der Waals surface area contributed by atoms with Gasteiger partial charge in [0.05, 0.1) is 17.5 Å². The molecule has 1 aliphatic heterocycles. The van der Waals surface area contributed by atoms with Crippen LogP contribution in [-0.2, 0) is 6.54 Å². The minimum absolute atomic E-state index is 0.0618. The predicted molar refractivity (Wildman–Crippen MR) is 81.3 cm³/mol. The molecule has 2 atom stereocenters. The largest absolute Gasteiger partial charge is 0.459 e. The van der Waals surface area contributed by atoms with Crippen molar-refractivity contribution >= 4 is 5.91 Å². The first-order chi connectivity index (χ1) is 10.6. The number of amides is 1. The number of piperidine rings is 1. The molecule has 0 aromatic carbocycles. The molecule has 2 aliphatic rings. The number of nitrogens with zero attached hydrogens (tertiary/aromatic N) is 2. The molecule has 2 fully saturated rings. The van der Waals surface area contributed by atoms with Crippen LogP contribution in [-0.4, -0.2) is 34.4 Å². The van der Waals surface area contributed by atoms with Gasteiger partial charge in [-0.1, -0.05) is 6.07 Å². The van der Waals surface area contributed by atoms with Crippen LogP contribution in [0.4, 0.5) is 0 Å². The summed E-state index contributed by atoms with van der Waals surface area (Å²) in [6.07, 6.45) is 2.60. The Balaban J connectivity index is 1.39. The summed E-state index contributed by atoms with van der Waals surface area (Å²) in [5, 5.41) is 3.16. The van der Waals surface area contributed by atoms with E-state index in [1.54, 1.807) is 12.1 Å². The maximum absolute atomic E-state index is 12.2. The first-order valence-electron chi connectivity index (χ1n) is 7.66. The minimum Gasteiger partial charge on any atom is -0.459 e. The zero-order valence-corrected chi connectivity index (χ0v) is 12.6. The van der Waals surface area contributed by atoms with Gasteiger partial charge in [0.25, 0.3) is 5.91 Å². The van der Waals surface area contributed by atoms with Gasteiger partial charge < -0.3 is 9.73 Å². The van der Waals surface area contributed by atoms with E-state index in [0.29, 0.717) is 11.7 Å². The summed E-state index contributed by atoms with van der Waals surface area (Å²) >= 11 is 0. The molecular weight excluding hydrogens is 278 g/mol. The first-order valence-corrected chi connectivity index (χ1v) is 7.66. The molecule has 3 heterocycles. The highest BCUT2D eigenvalue weighted by molar-refractivity contribution is 5.92. The second-order valence-electron chi connectivity index (χ2n) is 6.43. The van der Waals surface area contributed by atoms with E-state index < -0.39 is 0 Å². The van der Waals surface area contributed by atoms with Crippen molar-refractivity contribution in [3.05, 3.63) is 53.7 Å². The van der Waals surface area contributed by atoms with Crippen LogP contribution < -0.4 is 5.32 Å². The third-order valence-electron chi connectivity index (χ3n) is 4.66. The fourth-order valence-electron chi connectivity index (χ4n) is 3.51. The molecule has 1 N–H and O–H groups in total. The van der Waals surface area contributed by atoms with Crippen molar-refractivity contribution in [1.82, 2.24) is 15.2 Å². The van der Waals surface area contributed by atoms with Gasteiger partial charge in [0.15, 0.2) is 5.76 Å². The SMILES string of the molecule is Cc1cccc(CN2CC3C[C@]3(NC(=O)c3ccco3)C2)n1. The predicted octanol–water partition coefficient (Wildman–Crippen LogP) is 1.99. The molecule has 0 bridgehead atoms. The Bertz CT molecular complexity index is 698. The number of hydrogen-bond acceptors (Lipinski definition) is 4. The molecule has 5 nitrogen and oxygen atoms in total. The van der Waals surface area contributed by atoms with Crippen LogP contribution in [0.15, 0.2) is 41.0 Å². The number of carbonyl (C=O) groups excluding carboxylic acids is 1. The van der Waals surface area contributed by atoms with E-state index >= 15 is 0 Å². The number of carbonyl (C=O) groups is 1. The lowest BCUT2D eigenvalue weighted by Gasteiger charge is -2.21. The monoisotopic (exact) mass is 297 g/mol. The standard InChI is InChI=1S/C17H19N3O2/c1-12-4-2-5-14(18-12)10-20-9-13-8-17(13,11-20)19-16(21)15-6-3-7-22-15/h2-7,13H,8-11H2,1H3,(H,19,21)/t13?,17-/m0/s1. The molecule has 1 amide bonds. The molecule has 1 aliphatic carbocycles. The van der Waals surface area contributed by atoms with Gasteiger partial charge in [0.1, 0.15) is 0 Å². The van der Waals surface area contributed by atoms with E-state index in [1.807, 2.05) is 19.1 Å². The Morgan fingerprint density at radius 1 is 1.45 bits per heavy atom. The lowest BCUT2D eigenvalue weighted by atomic mass is 10.2. The van der Waals surface area contributed by atoms with Gasteiger partial charge in [0, 0.05) is 25.3 Å². The van der Waals surface area contributed by atoms with Gasteiger partial charge in [0.2, 0.25) is 0 Å². The van der Waals surface area contributed by atoms with Crippen molar-refractivity contribution in [3.63, 3.8) is 0 Å². The average molecular weight is 297 g/mol. The van der Waals surface area contributed by atoms with Crippen molar-refractivity contribution in [2.24, 2.45) is 5.92 Å². The van der Waals surface area contributed by atoms with Gasteiger partial charge in [-0.15, -0.1) is 0 Å². The highest BCUT2D eigenvalue weighted by atomic mass is 16.3. The van der Waals surface area contributed by atoms with Gasteiger partial charge in [-0.2, -0.15) is 0 Å². The van der Waals surface area contributed by atoms with Crippen LogP contribution >= 0.6 is 0 Å². The van der Waals surface area contributed by atoms with E-state index in [-0.39, 0.29) is 11.4 Å². The van der Waals surface area contributed by atoms with Crippen LogP contribution in [0.1, 0.15) is 28.4 Å². The van der Waals surface area contributed by atoms with Crippen molar-refractivity contribution < 1.29 is 9.21 Å². The van der Waals surface area contributed by atoms with E-state index in [9.17, 15) is 4.79 Å². The number of furan rings is 1. The normalized spacial score (nSPS) is 26.7. The van der Waals surface area contributed by atoms with E-state index in [0.717, 1.165) is 37.4 Å². The molecule has 114 valence electrons. The molecule has 0 spiro atoms. The smallest absolute Gasteiger partial charge is 0.287 e. The van der Waals surface area contributed by atoms with Crippen molar-refractivity contribution in [3.8, 4) is 0 Å². The molecule has 4 rings (SSSR count). The molecule has 22 heavy (non-hydrogen) atoms. The van der Waals surface area contributed by atoms with E-state index in [4.69, 9.17) is 4.42 Å². The lowest BCUT2D eigenvalue weighted by molar-refractivity contribution is 0.0898. The summed E-state index contributed by atoms with van der Waals surface area (Å²) in [4.78, 5) is 19.1. The second kappa shape index (κ2) is 4.95. The van der Waals surface area contributed by atoms with Crippen LogP contribution in [0.5, 0.6) is 0 Å². The molecule has 1 unspecified atom stereocenters. The fraction of sp³-hybridized carbons (Fsp3) is 0.412. The second-order valence-corrected chi connectivity index (χ2v) is 6.43. The van der Waals surface area contributed by atoms with Gasteiger partial charge in [-0.25, -0.2) is 0 Å². The first kappa shape index (κ1) is 13.5. The third-order valence-corrected chi connectivity index (χ3v) is 4.66. The highest BCUT2D eigenvalue weighted by Crippen LogP contribution is 2.49. The van der Waals surface area contributed by atoms with Crippen molar-refractivity contribution in [2.75, 3.05) is 13.1 Å². The molecular formula is C17H19N3O2. The van der Waals surface area contributed by atoms with Crippen LogP contribution in [0, 0.1) is 12.8 Å². The van der Waals surface area contributed by atoms with Gasteiger partial charge in [-0.3, -0.25) is 14.7 Å². The zero-order chi connectivity index (χ0) is 15.2. The van der Waals surface area contributed by atoms with Gasteiger partial charge >= 0.3 is 0 Å². The van der Waals surface area contributed by atoms with E-state index in [1.165, 1.54) is 6.26 Å². The van der Waals surface area contributed by atoms with Crippen LogP contribution in [0.25, 0.3) is 0 Å². The maximum atomic E-state index is 12.2. The quantitative estimate of drug-likeness (QED) is 0.937. The number of nitrogens with one attached hydrogen (secondary N) is 1. The molecule has 1 saturated carbocycles. The fourth-order valence-corrected chi connectivity index (χ4v) is 3.51. The minimum atomic E-state index is -0.108. The summed E-state index contributed by atoms with van der Waals surface area (Å²) in [6.45, 7) is 4.76. The van der Waals surface area contributed by atoms with Crippen molar-refractivity contribution in [2.45, 2.75) is 25.4 Å². The Morgan fingerprint density at radius 3 is 3.14 bits per heavy atom. The van der Waals surface area contributed by atoms with Crippen LogP contribution in [0.3, 0.4) is 0 Å². The zero-order valence-electron chi connectivity index (χ0n) is 12.6. The summed E-state index contributed by atoms with van der Waals surface area (Å²) in [5.74, 6) is 0.832. The third kappa shape index (κ3) is 2.41. The number of likely N-dealkylation sites (tertiary alicyclic amines) is 1. The molecule has 0 radical (unpaired) electrons. The molecule has 5 heteroatoms. The number of rotatable bonds is 4. The number of aromatic nitrogens is 1. The Labute approximate surface area is 129 Å². The van der Waals surface area contributed by atoms with Gasteiger partial charge in [-0.05, 0) is 43.5 Å².